The summed E-state index contributed by atoms with van der Waals surface area (Å²) in [5.74, 6) is -0.0855. The molecule has 0 unspecified atom stereocenters. The van der Waals surface area contributed by atoms with Gasteiger partial charge in [0.25, 0.3) is 5.91 Å². The smallest absolute Gasteiger partial charge is 0.272 e. The van der Waals surface area contributed by atoms with Gasteiger partial charge in [-0.1, -0.05) is 13.8 Å². The maximum Gasteiger partial charge on any atom is 0.337 e. The highest BCUT2D eigenvalue weighted by Gasteiger charge is 2.54. The van der Waals surface area contributed by atoms with E-state index in [-0.39, 0.29) is 17.9 Å². The Morgan fingerprint density at radius 2 is 1.85 bits per heavy atom. The van der Waals surface area contributed by atoms with Crippen LogP contribution >= 0.6 is 16.1 Å². The lowest BCUT2D eigenvalue weighted by Crippen LogP contribution is -2.46. The summed E-state index contributed by atoms with van der Waals surface area (Å²) >= 11 is 3.13. The molecule has 1 rings (SSSR count). The second-order valence-corrected chi connectivity index (χ2v) is 4.44. The molecule has 0 spiro atoms. The number of urea groups is 1. The molecule has 4 nitrogen and oxygen atoms in total. The minimum Gasteiger partial charge on any atom is -0.272 e. The van der Waals surface area contributed by atoms with E-state index in [2.05, 4.69) is 16.1 Å². The predicted octanol–water partition coefficient (Wildman–Crippen LogP) is 1.60. The SMILES string of the molecule is CC(C)[C@]1(C)C(=O)N(C)C(=O)N1Br. The summed E-state index contributed by atoms with van der Waals surface area (Å²) in [4.78, 5) is 24.3. The van der Waals surface area contributed by atoms with E-state index in [9.17, 15) is 9.59 Å². The molecule has 0 aromatic carbocycles. The average molecular weight is 249 g/mol. The molecule has 0 aromatic rings. The summed E-state index contributed by atoms with van der Waals surface area (Å²) in [6.45, 7) is 5.59. The Kier molecular flexibility index (Phi) is 2.40. The summed E-state index contributed by atoms with van der Waals surface area (Å²) in [6, 6.07) is -0.304. The summed E-state index contributed by atoms with van der Waals surface area (Å²) in [7, 11) is 1.49. The van der Waals surface area contributed by atoms with Crippen LogP contribution in [-0.4, -0.2) is 33.4 Å². The molecule has 0 N–H and O–H groups in total. The molecule has 0 aromatic heterocycles. The molecule has 0 aliphatic carbocycles. The summed E-state index contributed by atoms with van der Waals surface area (Å²) in [5, 5.41) is 0. The monoisotopic (exact) mass is 248 g/mol. The third-order valence-corrected chi connectivity index (χ3v) is 3.76. The molecule has 1 atom stereocenters. The number of hydrogen-bond acceptors (Lipinski definition) is 2. The Morgan fingerprint density at radius 3 is 2.00 bits per heavy atom. The maximum absolute atomic E-state index is 11.7. The van der Waals surface area contributed by atoms with Crippen molar-refractivity contribution in [3.63, 3.8) is 0 Å². The number of carbonyl (C=O) groups excluding carboxylic acids is 2. The van der Waals surface area contributed by atoms with Crippen molar-refractivity contribution in [3.05, 3.63) is 0 Å². The fraction of sp³-hybridized carbons (Fsp3) is 0.750. The molecule has 1 aliphatic heterocycles. The zero-order valence-corrected chi connectivity index (χ0v) is 9.75. The van der Waals surface area contributed by atoms with E-state index < -0.39 is 5.54 Å². The number of amides is 3. The van der Waals surface area contributed by atoms with E-state index in [1.165, 1.54) is 11.0 Å². The van der Waals surface area contributed by atoms with Crippen molar-refractivity contribution in [2.24, 2.45) is 5.92 Å². The van der Waals surface area contributed by atoms with Crippen molar-refractivity contribution in [2.75, 3.05) is 7.05 Å². The van der Waals surface area contributed by atoms with Crippen LogP contribution in [0.1, 0.15) is 20.8 Å². The predicted molar refractivity (Wildman–Crippen MR) is 52.2 cm³/mol. The number of imide groups is 1. The molecule has 0 radical (unpaired) electrons. The topological polar surface area (TPSA) is 40.6 Å². The highest BCUT2D eigenvalue weighted by atomic mass is 79.9. The van der Waals surface area contributed by atoms with Crippen LogP contribution in [0.5, 0.6) is 0 Å². The van der Waals surface area contributed by atoms with Crippen molar-refractivity contribution < 1.29 is 9.59 Å². The number of likely N-dealkylation sites (N-methyl/N-ethyl adjacent to an activating group) is 1. The first-order valence-electron chi connectivity index (χ1n) is 4.11. The molecule has 1 aliphatic rings. The van der Waals surface area contributed by atoms with Gasteiger partial charge in [0.1, 0.15) is 5.54 Å². The summed E-state index contributed by atoms with van der Waals surface area (Å²) in [6.07, 6.45) is 0. The van der Waals surface area contributed by atoms with Crippen LogP contribution in [0, 0.1) is 5.92 Å². The van der Waals surface area contributed by atoms with E-state index in [1.54, 1.807) is 6.92 Å². The normalized spacial score (nSPS) is 29.4. The van der Waals surface area contributed by atoms with Gasteiger partial charge in [0, 0.05) is 7.05 Å². The van der Waals surface area contributed by atoms with Crippen molar-refractivity contribution in [2.45, 2.75) is 26.3 Å². The van der Waals surface area contributed by atoms with Gasteiger partial charge in [-0.2, -0.15) is 0 Å². The van der Waals surface area contributed by atoms with Gasteiger partial charge in [0.05, 0.1) is 16.1 Å². The number of halogens is 1. The first-order valence-corrected chi connectivity index (χ1v) is 4.82. The van der Waals surface area contributed by atoms with Gasteiger partial charge in [-0.3, -0.25) is 9.69 Å². The first-order chi connectivity index (χ1) is 5.83. The average Bonchev–Trinajstić information content (AvgIpc) is 2.22. The molecular weight excluding hydrogens is 236 g/mol. The molecular formula is C8H13BrN2O2. The minimum atomic E-state index is -0.758. The van der Waals surface area contributed by atoms with Crippen molar-refractivity contribution in [1.29, 1.82) is 0 Å². The van der Waals surface area contributed by atoms with E-state index in [4.69, 9.17) is 0 Å². The van der Waals surface area contributed by atoms with Gasteiger partial charge in [0.2, 0.25) is 0 Å². The maximum atomic E-state index is 11.7. The van der Waals surface area contributed by atoms with Gasteiger partial charge >= 0.3 is 6.03 Å². The molecule has 5 heteroatoms. The first kappa shape index (κ1) is 10.5. The third kappa shape index (κ3) is 1.17. The van der Waals surface area contributed by atoms with E-state index >= 15 is 0 Å². The summed E-state index contributed by atoms with van der Waals surface area (Å²) in [5.41, 5.74) is -0.758. The van der Waals surface area contributed by atoms with Crippen LogP contribution in [0.2, 0.25) is 0 Å². The van der Waals surface area contributed by atoms with Gasteiger partial charge < -0.3 is 0 Å². The van der Waals surface area contributed by atoms with Crippen LogP contribution in [0.25, 0.3) is 0 Å². The lowest BCUT2D eigenvalue weighted by atomic mass is 9.89. The zero-order chi connectivity index (χ0) is 10.4. The molecule has 0 saturated carbocycles. The van der Waals surface area contributed by atoms with E-state index in [0.29, 0.717) is 0 Å². The second-order valence-electron chi connectivity index (χ2n) is 3.73. The molecule has 13 heavy (non-hydrogen) atoms. The highest BCUT2D eigenvalue weighted by molar-refractivity contribution is 9.07. The Bertz CT molecular complexity index is 267. The standard InChI is InChI=1S/C8H13BrN2O2/c1-5(2)8(3)6(12)10(4)7(13)11(8)9/h5H,1-4H3/t8-/m1/s1. The van der Waals surface area contributed by atoms with Gasteiger partial charge in [-0.05, 0) is 12.8 Å². The molecule has 1 saturated heterocycles. The quantitative estimate of drug-likeness (QED) is 0.523. The van der Waals surface area contributed by atoms with Gasteiger partial charge in [-0.15, -0.1) is 0 Å². The largest absolute Gasteiger partial charge is 0.337 e. The van der Waals surface area contributed by atoms with E-state index in [1.807, 2.05) is 13.8 Å². The van der Waals surface area contributed by atoms with E-state index in [0.717, 1.165) is 4.90 Å². The van der Waals surface area contributed by atoms with Gasteiger partial charge in [0.15, 0.2) is 0 Å². The number of hydrogen-bond donors (Lipinski definition) is 0. The number of rotatable bonds is 1. The van der Waals surface area contributed by atoms with Crippen LogP contribution in [0.3, 0.4) is 0 Å². The van der Waals surface area contributed by atoms with Crippen LogP contribution in [-0.2, 0) is 4.79 Å². The lowest BCUT2D eigenvalue weighted by Gasteiger charge is -2.30. The fourth-order valence-electron chi connectivity index (χ4n) is 1.31. The van der Waals surface area contributed by atoms with Crippen LogP contribution < -0.4 is 0 Å². The molecule has 0 bridgehead atoms. The van der Waals surface area contributed by atoms with Crippen LogP contribution in [0.15, 0.2) is 0 Å². The van der Waals surface area contributed by atoms with Crippen molar-refractivity contribution >= 4 is 28.1 Å². The summed E-state index contributed by atoms with van der Waals surface area (Å²) < 4.78 is 1.33. The Morgan fingerprint density at radius 1 is 1.38 bits per heavy atom. The molecule has 3 amide bonds. The molecule has 1 heterocycles. The fourth-order valence-corrected chi connectivity index (χ4v) is 2.11. The Balaban J connectivity index is 3.13. The number of carbonyl (C=O) groups is 2. The zero-order valence-electron chi connectivity index (χ0n) is 8.17. The van der Waals surface area contributed by atoms with Crippen molar-refractivity contribution in [1.82, 2.24) is 8.83 Å². The Hall–Kier alpha value is -0.580. The van der Waals surface area contributed by atoms with Crippen molar-refractivity contribution in [3.8, 4) is 0 Å². The Labute approximate surface area is 86.2 Å². The third-order valence-electron chi connectivity index (χ3n) is 2.72. The van der Waals surface area contributed by atoms with Gasteiger partial charge in [-0.25, -0.2) is 8.72 Å². The lowest BCUT2D eigenvalue weighted by molar-refractivity contribution is -0.132. The highest BCUT2D eigenvalue weighted by Crippen LogP contribution is 2.35. The molecule has 1 fully saturated rings. The minimum absolute atomic E-state index is 0.0771. The molecule has 74 valence electrons. The van der Waals surface area contributed by atoms with Crippen LogP contribution in [0.4, 0.5) is 4.79 Å². The second kappa shape index (κ2) is 2.97. The number of nitrogens with zero attached hydrogens (tertiary/aromatic N) is 2.